The number of sulfone groups is 1. The number of hydrogen-bond donors (Lipinski definition) is 1. The van der Waals surface area contributed by atoms with E-state index in [2.05, 4.69) is 4.98 Å². The number of nitrogens with one attached hydrogen (secondary N) is 1. The summed E-state index contributed by atoms with van der Waals surface area (Å²) < 4.78 is 45.4. The van der Waals surface area contributed by atoms with Gasteiger partial charge in [0.1, 0.15) is 29.0 Å². The third kappa shape index (κ3) is 5.56. The highest BCUT2D eigenvalue weighted by Gasteiger charge is 2.17. The first-order chi connectivity index (χ1) is 14.7. The van der Waals surface area contributed by atoms with Gasteiger partial charge in [-0.25, -0.2) is 13.2 Å². The Bertz CT molecular complexity index is 1170. The van der Waals surface area contributed by atoms with Crippen molar-refractivity contribution >= 4 is 26.7 Å². The number of methoxy groups -OCH3 is 1. The summed E-state index contributed by atoms with van der Waals surface area (Å²) >= 11 is 0. The summed E-state index contributed by atoms with van der Waals surface area (Å²) in [6, 6.07) is 11.2. The lowest BCUT2D eigenvalue weighted by Crippen LogP contribution is -2.18. The maximum absolute atomic E-state index is 12.1. The SMILES string of the molecule is CCOC(=O)c1cc2cc(Oc3ccc(S(C)(=O)=O)cc3)cc(OC(C)COC)c2[nH]1. The van der Waals surface area contributed by atoms with Crippen LogP contribution in [-0.2, 0) is 19.3 Å². The van der Waals surface area contributed by atoms with Crippen molar-refractivity contribution in [3.8, 4) is 17.2 Å². The lowest BCUT2D eigenvalue weighted by molar-refractivity contribution is 0.0520. The first-order valence-corrected chi connectivity index (χ1v) is 11.6. The lowest BCUT2D eigenvalue weighted by Gasteiger charge is -2.16. The normalized spacial score (nSPS) is 12.5. The fourth-order valence-corrected chi connectivity index (χ4v) is 3.66. The molecule has 0 aliphatic heterocycles. The molecule has 3 aromatic rings. The molecule has 166 valence electrons. The number of rotatable bonds is 9. The van der Waals surface area contributed by atoms with Gasteiger partial charge in [-0.15, -0.1) is 0 Å². The second-order valence-corrected chi connectivity index (χ2v) is 9.03. The molecule has 0 saturated heterocycles. The van der Waals surface area contributed by atoms with Crippen molar-refractivity contribution in [1.82, 2.24) is 4.98 Å². The van der Waals surface area contributed by atoms with E-state index < -0.39 is 15.8 Å². The van der Waals surface area contributed by atoms with Gasteiger partial charge >= 0.3 is 5.97 Å². The number of aromatic amines is 1. The molecule has 1 N–H and O–H groups in total. The topological polar surface area (TPSA) is 104 Å². The summed E-state index contributed by atoms with van der Waals surface area (Å²) in [5.41, 5.74) is 0.932. The van der Waals surface area contributed by atoms with Gasteiger partial charge in [0, 0.05) is 24.8 Å². The highest BCUT2D eigenvalue weighted by molar-refractivity contribution is 7.90. The van der Waals surface area contributed by atoms with Crippen molar-refractivity contribution in [2.45, 2.75) is 24.8 Å². The van der Waals surface area contributed by atoms with Gasteiger partial charge in [0.25, 0.3) is 0 Å². The molecule has 0 spiro atoms. The Morgan fingerprint density at radius 2 is 1.81 bits per heavy atom. The fraction of sp³-hybridized carbons (Fsp3) is 0.318. The molecule has 0 bridgehead atoms. The van der Waals surface area contributed by atoms with Gasteiger partial charge in [-0.1, -0.05) is 0 Å². The Hall–Kier alpha value is -3.04. The van der Waals surface area contributed by atoms with E-state index in [1.54, 1.807) is 44.4 Å². The Kier molecular flexibility index (Phi) is 6.87. The molecular weight excluding hydrogens is 422 g/mol. The zero-order valence-corrected chi connectivity index (χ0v) is 18.6. The van der Waals surface area contributed by atoms with E-state index in [9.17, 15) is 13.2 Å². The average Bonchev–Trinajstić information content (AvgIpc) is 3.13. The molecule has 0 aliphatic rings. The minimum atomic E-state index is -3.29. The maximum atomic E-state index is 12.1. The van der Waals surface area contributed by atoms with E-state index >= 15 is 0 Å². The smallest absolute Gasteiger partial charge is 0.354 e. The van der Waals surface area contributed by atoms with Crippen molar-refractivity contribution in [3.05, 3.63) is 48.2 Å². The monoisotopic (exact) mass is 447 g/mol. The molecule has 1 aromatic heterocycles. The van der Waals surface area contributed by atoms with Crippen molar-refractivity contribution in [3.63, 3.8) is 0 Å². The van der Waals surface area contributed by atoms with Crippen LogP contribution in [0.2, 0.25) is 0 Å². The lowest BCUT2D eigenvalue weighted by atomic mass is 10.2. The molecule has 31 heavy (non-hydrogen) atoms. The summed E-state index contributed by atoms with van der Waals surface area (Å²) in [5.74, 6) is 0.950. The zero-order valence-electron chi connectivity index (χ0n) is 17.8. The van der Waals surface area contributed by atoms with Gasteiger partial charge in [0.05, 0.1) is 23.6 Å². The van der Waals surface area contributed by atoms with Gasteiger partial charge in [-0.3, -0.25) is 0 Å². The summed E-state index contributed by atoms with van der Waals surface area (Å²) in [5, 5.41) is 0.702. The van der Waals surface area contributed by atoms with E-state index in [-0.39, 0.29) is 17.6 Å². The molecule has 2 aromatic carbocycles. The van der Waals surface area contributed by atoms with Crippen molar-refractivity contribution < 1.29 is 32.2 Å². The molecule has 0 saturated carbocycles. The molecule has 1 unspecified atom stereocenters. The van der Waals surface area contributed by atoms with Crippen molar-refractivity contribution in [2.75, 3.05) is 26.6 Å². The Balaban J connectivity index is 1.97. The number of H-pyrrole nitrogens is 1. The van der Waals surface area contributed by atoms with Gasteiger partial charge in [-0.05, 0) is 50.2 Å². The molecule has 0 aliphatic carbocycles. The molecule has 0 radical (unpaired) electrons. The van der Waals surface area contributed by atoms with E-state index in [1.807, 2.05) is 6.92 Å². The summed E-state index contributed by atoms with van der Waals surface area (Å²) in [6.07, 6.45) is 0.904. The zero-order chi connectivity index (χ0) is 22.6. The van der Waals surface area contributed by atoms with Gasteiger partial charge in [0.2, 0.25) is 0 Å². The quantitative estimate of drug-likeness (QED) is 0.495. The predicted octanol–water partition coefficient (Wildman–Crippen LogP) is 3.95. The molecule has 0 amide bonds. The number of esters is 1. The Labute approximate surface area is 181 Å². The summed E-state index contributed by atoms with van der Waals surface area (Å²) in [4.78, 5) is 15.4. The second-order valence-electron chi connectivity index (χ2n) is 7.02. The molecule has 8 nitrogen and oxygen atoms in total. The standard InChI is InChI=1S/C22H25NO7S/c1-5-28-22(24)19-11-15-10-17(12-20(21(15)23-19)29-14(2)13-27-3)30-16-6-8-18(9-7-16)31(4,25)26/h6-12,14,23H,5,13H2,1-4H3. The van der Waals surface area contributed by atoms with Gasteiger partial charge in [-0.2, -0.15) is 0 Å². The van der Waals surface area contributed by atoms with E-state index in [0.717, 1.165) is 6.26 Å². The molecule has 3 rings (SSSR count). The van der Waals surface area contributed by atoms with Crippen molar-refractivity contribution in [1.29, 1.82) is 0 Å². The molecule has 0 fully saturated rings. The molecule has 1 heterocycles. The van der Waals surface area contributed by atoms with E-state index in [0.29, 0.717) is 40.5 Å². The number of carbonyl (C=O) groups excluding carboxylic acids is 1. The largest absolute Gasteiger partial charge is 0.486 e. The van der Waals surface area contributed by atoms with Crippen LogP contribution in [0.5, 0.6) is 17.2 Å². The Morgan fingerprint density at radius 1 is 1.10 bits per heavy atom. The van der Waals surface area contributed by atoms with E-state index in [1.165, 1.54) is 12.1 Å². The fourth-order valence-electron chi connectivity index (χ4n) is 3.03. The predicted molar refractivity (Wildman–Crippen MR) is 116 cm³/mol. The third-order valence-corrected chi connectivity index (χ3v) is 5.51. The summed E-state index contributed by atoms with van der Waals surface area (Å²) in [7, 11) is -1.71. The highest BCUT2D eigenvalue weighted by atomic mass is 32.2. The number of hydrogen-bond acceptors (Lipinski definition) is 7. The molecule has 9 heteroatoms. The number of aromatic nitrogens is 1. The number of ether oxygens (including phenoxy) is 4. The Morgan fingerprint density at radius 3 is 2.42 bits per heavy atom. The van der Waals surface area contributed by atoms with Gasteiger partial charge in [0.15, 0.2) is 9.84 Å². The van der Waals surface area contributed by atoms with Crippen molar-refractivity contribution in [2.24, 2.45) is 0 Å². The molecular formula is C22H25NO7S. The average molecular weight is 448 g/mol. The van der Waals surface area contributed by atoms with Crippen LogP contribution in [0.1, 0.15) is 24.3 Å². The highest BCUT2D eigenvalue weighted by Crippen LogP contribution is 2.34. The van der Waals surface area contributed by atoms with Crippen LogP contribution >= 0.6 is 0 Å². The number of benzene rings is 2. The molecule has 1 atom stereocenters. The minimum absolute atomic E-state index is 0.206. The van der Waals surface area contributed by atoms with Crippen LogP contribution in [0.3, 0.4) is 0 Å². The number of carbonyl (C=O) groups is 1. The van der Waals surface area contributed by atoms with Crippen LogP contribution in [0.25, 0.3) is 10.9 Å². The third-order valence-electron chi connectivity index (χ3n) is 4.38. The van der Waals surface area contributed by atoms with Crippen LogP contribution < -0.4 is 9.47 Å². The first kappa shape index (κ1) is 22.6. The van der Waals surface area contributed by atoms with Crippen LogP contribution in [0, 0.1) is 0 Å². The summed E-state index contributed by atoms with van der Waals surface area (Å²) in [6.45, 7) is 4.25. The van der Waals surface area contributed by atoms with Crippen LogP contribution in [0.4, 0.5) is 0 Å². The van der Waals surface area contributed by atoms with Crippen LogP contribution in [-0.4, -0.2) is 52.1 Å². The number of fused-ring (bicyclic) bond motifs is 1. The maximum Gasteiger partial charge on any atom is 0.354 e. The second kappa shape index (κ2) is 9.40. The first-order valence-electron chi connectivity index (χ1n) is 9.68. The van der Waals surface area contributed by atoms with Gasteiger partial charge < -0.3 is 23.9 Å². The van der Waals surface area contributed by atoms with Crippen LogP contribution in [0.15, 0.2) is 47.4 Å². The minimum Gasteiger partial charge on any atom is -0.486 e. The van der Waals surface area contributed by atoms with E-state index in [4.69, 9.17) is 18.9 Å².